The highest BCUT2D eigenvalue weighted by molar-refractivity contribution is 5.83. The number of para-hydroxylation sites is 1. The fraction of sp³-hybridized carbons (Fsp3) is 0.444. The number of amides is 1. The maximum Gasteiger partial charge on any atom is 0.326 e. The van der Waals surface area contributed by atoms with Crippen molar-refractivity contribution in [3.8, 4) is 0 Å². The Hall–Kier alpha value is -2.70. The van der Waals surface area contributed by atoms with Crippen LogP contribution in [-0.4, -0.2) is 33.0 Å². The predicted octanol–water partition coefficient (Wildman–Crippen LogP) is 1.62. The first kappa shape index (κ1) is 17.1. The van der Waals surface area contributed by atoms with Gasteiger partial charge in [-0.25, -0.2) is 9.78 Å². The Labute approximate surface area is 144 Å². The molecule has 1 unspecified atom stereocenters. The van der Waals surface area contributed by atoms with Crippen LogP contribution >= 0.6 is 0 Å². The number of rotatable bonds is 8. The van der Waals surface area contributed by atoms with E-state index in [0.717, 1.165) is 12.8 Å². The van der Waals surface area contributed by atoms with Crippen LogP contribution in [0.15, 0.2) is 29.1 Å². The van der Waals surface area contributed by atoms with Gasteiger partial charge in [0.1, 0.15) is 11.9 Å². The van der Waals surface area contributed by atoms with Gasteiger partial charge in [-0.2, -0.15) is 0 Å². The lowest BCUT2D eigenvalue weighted by molar-refractivity contribution is -0.142. The zero-order valence-corrected chi connectivity index (χ0v) is 13.8. The number of hydrogen-bond acceptors (Lipinski definition) is 4. The van der Waals surface area contributed by atoms with E-state index in [1.54, 1.807) is 18.2 Å². The second kappa shape index (κ2) is 7.46. The minimum atomic E-state index is -0.985. The van der Waals surface area contributed by atoms with Gasteiger partial charge in [-0.15, -0.1) is 0 Å². The molecule has 3 rings (SSSR count). The Bertz CT molecular complexity index is 842. The molecule has 0 bridgehead atoms. The number of carbonyl (C=O) groups excluding carboxylic acids is 1. The number of carboxylic acids is 1. The van der Waals surface area contributed by atoms with Crippen molar-refractivity contribution in [3.05, 3.63) is 40.4 Å². The van der Waals surface area contributed by atoms with Crippen molar-refractivity contribution in [2.45, 2.75) is 44.6 Å². The number of aliphatic carboxylic acids is 1. The smallest absolute Gasteiger partial charge is 0.326 e. The second-order valence-corrected chi connectivity index (χ2v) is 6.52. The molecule has 0 spiro atoms. The molecule has 1 aromatic carbocycles. The van der Waals surface area contributed by atoms with Crippen LogP contribution in [0.4, 0.5) is 0 Å². The highest BCUT2D eigenvalue weighted by Gasteiger charge is 2.29. The molecule has 3 N–H and O–H groups in total. The van der Waals surface area contributed by atoms with E-state index in [4.69, 9.17) is 5.11 Å². The van der Waals surface area contributed by atoms with Crippen LogP contribution in [0, 0.1) is 5.92 Å². The fourth-order valence-corrected chi connectivity index (χ4v) is 2.84. The largest absolute Gasteiger partial charge is 0.480 e. The summed E-state index contributed by atoms with van der Waals surface area (Å²) in [6, 6.07) is 6.28. The number of hydrogen-bond donors (Lipinski definition) is 3. The number of benzene rings is 1. The van der Waals surface area contributed by atoms with Crippen molar-refractivity contribution in [3.63, 3.8) is 0 Å². The first-order valence-electron chi connectivity index (χ1n) is 8.53. The van der Waals surface area contributed by atoms with Crippen LogP contribution < -0.4 is 10.9 Å². The molecule has 0 saturated heterocycles. The van der Waals surface area contributed by atoms with E-state index in [9.17, 15) is 14.4 Å². The monoisotopic (exact) mass is 343 g/mol. The third kappa shape index (κ3) is 4.65. The third-order valence-corrected chi connectivity index (χ3v) is 4.38. The average molecular weight is 343 g/mol. The van der Waals surface area contributed by atoms with Crippen molar-refractivity contribution in [1.82, 2.24) is 15.3 Å². The number of aromatic amines is 1. The van der Waals surface area contributed by atoms with Gasteiger partial charge in [0.15, 0.2) is 0 Å². The van der Waals surface area contributed by atoms with Gasteiger partial charge in [0.25, 0.3) is 5.56 Å². The van der Waals surface area contributed by atoms with E-state index in [2.05, 4.69) is 15.3 Å². The highest BCUT2D eigenvalue weighted by Crippen LogP contribution is 2.33. The van der Waals surface area contributed by atoms with Crippen LogP contribution in [0.1, 0.15) is 37.9 Å². The van der Waals surface area contributed by atoms with E-state index in [1.807, 2.05) is 6.07 Å². The first-order chi connectivity index (χ1) is 12.0. The maximum absolute atomic E-state index is 12.0. The third-order valence-electron chi connectivity index (χ3n) is 4.38. The predicted molar refractivity (Wildman–Crippen MR) is 92.2 cm³/mol. The molecule has 25 heavy (non-hydrogen) atoms. The van der Waals surface area contributed by atoms with Crippen molar-refractivity contribution in [1.29, 1.82) is 0 Å². The molecule has 0 aliphatic heterocycles. The summed E-state index contributed by atoms with van der Waals surface area (Å²) >= 11 is 0. The quantitative estimate of drug-likeness (QED) is 0.674. The maximum atomic E-state index is 12.0. The molecule has 1 heterocycles. The zero-order chi connectivity index (χ0) is 17.8. The molecular weight excluding hydrogens is 322 g/mol. The molecule has 1 amide bonds. The normalized spacial score (nSPS) is 15.0. The summed E-state index contributed by atoms with van der Waals surface area (Å²) < 4.78 is 0. The number of fused-ring (bicyclic) bond motifs is 1. The SMILES string of the molecule is O=C(CCCc1nc2ccccc2c(=O)[nH]1)NC(CC1CC1)C(=O)O. The van der Waals surface area contributed by atoms with Crippen LogP contribution in [0.3, 0.4) is 0 Å². The zero-order valence-electron chi connectivity index (χ0n) is 13.8. The van der Waals surface area contributed by atoms with Crippen molar-refractivity contribution in [2.75, 3.05) is 0 Å². The second-order valence-electron chi connectivity index (χ2n) is 6.52. The van der Waals surface area contributed by atoms with Gasteiger partial charge in [-0.05, 0) is 30.9 Å². The van der Waals surface area contributed by atoms with E-state index in [0.29, 0.717) is 41.9 Å². The molecule has 2 aromatic rings. The van der Waals surface area contributed by atoms with Crippen molar-refractivity contribution < 1.29 is 14.7 Å². The van der Waals surface area contributed by atoms with Gasteiger partial charge in [-0.1, -0.05) is 25.0 Å². The molecule has 132 valence electrons. The minimum Gasteiger partial charge on any atom is -0.480 e. The van der Waals surface area contributed by atoms with Gasteiger partial charge < -0.3 is 15.4 Å². The first-order valence-corrected chi connectivity index (χ1v) is 8.53. The van der Waals surface area contributed by atoms with Crippen LogP contribution in [-0.2, 0) is 16.0 Å². The van der Waals surface area contributed by atoms with Gasteiger partial charge in [0, 0.05) is 12.8 Å². The summed E-state index contributed by atoms with van der Waals surface area (Å²) in [5, 5.41) is 12.3. The Kier molecular flexibility index (Phi) is 5.11. The number of nitrogens with one attached hydrogen (secondary N) is 2. The van der Waals surface area contributed by atoms with Crippen molar-refractivity contribution in [2.24, 2.45) is 5.92 Å². The molecule has 1 saturated carbocycles. The standard InChI is InChI=1S/C18H21N3O4/c22-16(20-14(18(24)25)10-11-8-9-11)7-3-6-15-19-13-5-2-1-4-12(13)17(23)21-15/h1-2,4-5,11,14H,3,6-10H2,(H,20,22)(H,24,25)(H,19,21,23). The van der Waals surface area contributed by atoms with Crippen LogP contribution in [0.5, 0.6) is 0 Å². The molecule has 0 radical (unpaired) electrons. The van der Waals surface area contributed by atoms with Crippen molar-refractivity contribution >= 4 is 22.8 Å². The van der Waals surface area contributed by atoms with E-state index in [1.165, 1.54) is 0 Å². The molecule has 1 fully saturated rings. The Balaban J connectivity index is 1.52. The summed E-state index contributed by atoms with van der Waals surface area (Å²) in [5.41, 5.74) is 0.432. The molecule has 7 nitrogen and oxygen atoms in total. The lowest BCUT2D eigenvalue weighted by Crippen LogP contribution is -2.41. The molecular formula is C18H21N3O4. The lowest BCUT2D eigenvalue weighted by Gasteiger charge is -2.13. The highest BCUT2D eigenvalue weighted by atomic mass is 16.4. The molecule has 1 aromatic heterocycles. The summed E-state index contributed by atoms with van der Waals surface area (Å²) in [6.07, 6.45) is 3.73. The van der Waals surface area contributed by atoms with Gasteiger partial charge in [0.05, 0.1) is 10.9 Å². The van der Waals surface area contributed by atoms with Crippen LogP contribution in [0.2, 0.25) is 0 Å². The van der Waals surface area contributed by atoms with Gasteiger partial charge >= 0.3 is 5.97 Å². The number of H-pyrrole nitrogens is 1. The Morgan fingerprint density at radius 1 is 1.32 bits per heavy atom. The number of nitrogens with zero attached hydrogens (tertiary/aromatic N) is 1. The van der Waals surface area contributed by atoms with Gasteiger partial charge in [-0.3, -0.25) is 9.59 Å². The summed E-state index contributed by atoms with van der Waals surface area (Å²) in [5.74, 6) is -0.311. The average Bonchev–Trinajstić information content (AvgIpc) is 3.38. The summed E-state index contributed by atoms with van der Waals surface area (Å²) in [7, 11) is 0. The number of aromatic nitrogens is 2. The number of aryl methyl sites for hydroxylation is 1. The number of carboxylic acid groups (broad SMARTS) is 1. The molecule has 1 aliphatic rings. The fourth-order valence-electron chi connectivity index (χ4n) is 2.84. The number of carbonyl (C=O) groups is 2. The van der Waals surface area contributed by atoms with E-state index in [-0.39, 0.29) is 17.9 Å². The molecule has 1 atom stereocenters. The summed E-state index contributed by atoms with van der Waals surface area (Å²) in [4.78, 5) is 42.3. The topological polar surface area (TPSA) is 112 Å². The van der Waals surface area contributed by atoms with E-state index < -0.39 is 12.0 Å². The lowest BCUT2D eigenvalue weighted by atomic mass is 10.1. The Morgan fingerprint density at radius 2 is 2.08 bits per heavy atom. The summed E-state index contributed by atoms with van der Waals surface area (Å²) in [6.45, 7) is 0. The van der Waals surface area contributed by atoms with Gasteiger partial charge in [0.2, 0.25) is 5.91 Å². The molecule has 1 aliphatic carbocycles. The van der Waals surface area contributed by atoms with Crippen LogP contribution in [0.25, 0.3) is 10.9 Å². The Morgan fingerprint density at radius 3 is 2.80 bits per heavy atom. The minimum absolute atomic E-state index is 0.194. The van der Waals surface area contributed by atoms with E-state index >= 15 is 0 Å². The molecule has 7 heteroatoms.